The molecule has 0 aromatic carbocycles. The lowest BCUT2D eigenvalue weighted by Crippen LogP contribution is -2.19. The van der Waals surface area contributed by atoms with Crippen molar-refractivity contribution in [2.45, 2.75) is 45.1 Å². The number of hydrogen-bond donors (Lipinski definition) is 1. The van der Waals surface area contributed by atoms with E-state index in [4.69, 9.17) is 5.73 Å². The van der Waals surface area contributed by atoms with Crippen LogP contribution in [0.15, 0.2) is 18.3 Å². The van der Waals surface area contributed by atoms with Crippen molar-refractivity contribution in [1.29, 1.82) is 0 Å². The van der Waals surface area contributed by atoms with Gasteiger partial charge in [-0.3, -0.25) is 4.98 Å². The van der Waals surface area contributed by atoms with Gasteiger partial charge >= 0.3 is 0 Å². The Labute approximate surface area is 104 Å². The van der Waals surface area contributed by atoms with E-state index in [0.29, 0.717) is 0 Å². The van der Waals surface area contributed by atoms with Crippen molar-refractivity contribution in [3.63, 3.8) is 0 Å². The van der Waals surface area contributed by atoms with E-state index < -0.39 is 0 Å². The highest BCUT2D eigenvalue weighted by atomic mass is 14.7. The first-order valence-electron chi connectivity index (χ1n) is 6.90. The van der Waals surface area contributed by atoms with E-state index in [-0.39, 0.29) is 6.04 Å². The summed E-state index contributed by atoms with van der Waals surface area (Å²) in [5.41, 5.74) is 8.69. The van der Waals surface area contributed by atoms with Crippen molar-refractivity contribution < 1.29 is 0 Å². The zero-order chi connectivity index (χ0) is 11.8. The molecule has 0 amide bonds. The lowest BCUT2D eigenvalue weighted by Gasteiger charge is -2.25. The van der Waals surface area contributed by atoms with Gasteiger partial charge in [0.05, 0.1) is 0 Å². The van der Waals surface area contributed by atoms with Gasteiger partial charge in [-0.05, 0) is 68.1 Å². The molecule has 4 atom stereocenters. The summed E-state index contributed by atoms with van der Waals surface area (Å²) in [6.45, 7) is 2.04. The topological polar surface area (TPSA) is 38.9 Å². The molecule has 3 rings (SSSR count). The summed E-state index contributed by atoms with van der Waals surface area (Å²) >= 11 is 0. The third kappa shape index (κ3) is 2.23. The molecule has 2 fully saturated rings. The van der Waals surface area contributed by atoms with Gasteiger partial charge in [-0.15, -0.1) is 0 Å². The molecule has 0 spiro atoms. The summed E-state index contributed by atoms with van der Waals surface area (Å²) < 4.78 is 0. The van der Waals surface area contributed by atoms with E-state index in [1.807, 2.05) is 13.1 Å². The van der Waals surface area contributed by atoms with Crippen molar-refractivity contribution in [2.75, 3.05) is 0 Å². The Morgan fingerprint density at radius 2 is 2.29 bits per heavy atom. The van der Waals surface area contributed by atoms with Crippen molar-refractivity contribution in [1.82, 2.24) is 4.98 Å². The summed E-state index contributed by atoms with van der Waals surface area (Å²) in [5, 5.41) is 0. The highest BCUT2D eigenvalue weighted by Crippen LogP contribution is 2.50. The molecule has 2 heteroatoms. The van der Waals surface area contributed by atoms with Gasteiger partial charge in [0, 0.05) is 17.9 Å². The standard InChI is InChI=1S/C15H22N2/c1-10-6-13(4-5-17-10)15(16)9-14-8-11-2-3-12(14)7-11/h4-6,11-12,14-15H,2-3,7-9,16H2,1H3. The average Bonchev–Trinajstić information content (AvgIpc) is 2.91. The minimum Gasteiger partial charge on any atom is -0.324 e. The van der Waals surface area contributed by atoms with Gasteiger partial charge in [-0.25, -0.2) is 0 Å². The van der Waals surface area contributed by atoms with Crippen LogP contribution in [0.3, 0.4) is 0 Å². The molecule has 2 saturated carbocycles. The predicted molar refractivity (Wildman–Crippen MR) is 69.5 cm³/mol. The number of pyridine rings is 1. The highest BCUT2D eigenvalue weighted by Gasteiger charge is 2.39. The molecule has 0 saturated heterocycles. The van der Waals surface area contributed by atoms with Crippen LogP contribution in [0, 0.1) is 24.7 Å². The maximum Gasteiger partial charge on any atom is 0.0375 e. The first kappa shape index (κ1) is 11.2. The zero-order valence-electron chi connectivity index (χ0n) is 10.6. The molecule has 2 aliphatic rings. The van der Waals surface area contributed by atoms with Gasteiger partial charge in [-0.2, -0.15) is 0 Å². The monoisotopic (exact) mass is 230 g/mol. The van der Waals surface area contributed by atoms with Gasteiger partial charge in [0.15, 0.2) is 0 Å². The molecule has 2 N–H and O–H groups in total. The van der Waals surface area contributed by atoms with Crippen LogP contribution in [0.5, 0.6) is 0 Å². The number of nitrogens with zero attached hydrogens (tertiary/aromatic N) is 1. The molecule has 2 bridgehead atoms. The largest absolute Gasteiger partial charge is 0.324 e. The molecule has 92 valence electrons. The van der Waals surface area contributed by atoms with Gasteiger partial charge in [0.2, 0.25) is 0 Å². The van der Waals surface area contributed by atoms with Crippen molar-refractivity contribution in [2.24, 2.45) is 23.5 Å². The van der Waals surface area contributed by atoms with Crippen LogP contribution in [-0.4, -0.2) is 4.98 Å². The second-order valence-corrected chi connectivity index (χ2v) is 6.01. The predicted octanol–water partition coefficient (Wildman–Crippen LogP) is 3.22. The first-order valence-corrected chi connectivity index (χ1v) is 6.90. The van der Waals surface area contributed by atoms with Crippen LogP contribution in [0.2, 0.25) is 0 Å². The molecule has 0 radical (unpaired) electrons. The summed E-state index contributed by atoms with van der Waals surface area (Å²) in [4.78, 5) is 4.24. The Morgan fingerprint density at radius 3 is 2.94 bits per heavy atom. The summed E-state index contributed by atoms with van der Waals surface area (Å²) in [6, 6.07) is 4.42. The second-order valence-electron chi connectivity index (χ2n) is 6.01. The first-order chi connectivity index (χ1) is 8.22. The molecule has 2 aliphatic carbocycles. The Hall–Kier alpha value is -0.890. The molecule has 1 aromatic heterocycles. The Morgan fingerprint density at radius 1 is 1.41 bits per heavy atom. The van der Waals surface area contributed by atoms with E-state index in [1.165, 1.54) is 37.7 Å². The molecular weight excluding hydrogens is 208 g/mol. The molecule has 17 heavy (non-hydrogen) atoms. The molecule has 4 unspecified atom stereocenters. The third-order valence-corrected chi connectivity index (χ3v) is 4.79. The summed E-state index contributed by atoms with van der Waals surface area (Å²) in [7, 11) is 0. The molecule has 1 aromatic rings. The number of aromatic nitrogens is 1. The van der Waals surface area contributed by atoms with Gasteiger partial charge < -0.3 is 5.73 Å². The maximum atomic E-state index is 6.35. The normalized spacial score (nSPS) is 32.9. The van der Waals surface area contributed by atoms with Gasteiger partial charge in [0.25, 0.3) is 0 Å². The van der Waals surface area contributed by atoms with Gasteiger partial charge in [-0.1, -0.05) is 6.42 Å². The Kier molecular flexibility index (Phi) is 2.91. The summed E-state index contributed by atoms with van der Waals surface area (Å²) in [5.74, 6) is 2.89. The fraction of sp³-hybridized carbons (Fsp3) is 0.667. The van der Waals surface area contributed by atoms with Crippen molar-refractivity contribution in [3.05, 3.63) is 29.6 Å². The fourth-order valence-electron chi connectivity index (χ4n) is 3.93. The maximum absolute atomic E-state index is 6.35. The van der Waals surface area contributed by atoms with Crippen LogP contribution in [-0.2, 0) is 0 Å². The number of fused-ring (bicyclic) bond motifs is 2. The Balaban J connectivity index is 1.65. The van der Waals surface area contributed by atoms with Crippen LogP contribution >= 0.6 is 0 Å². The molecule has 0 aliphatic heterocycles. The van der Waals surface area contributed by atoms with Crippen LogP contribution < -0.4 is 5.73 Å². The van der Waals surface area contributed by atoms with Gasteiger partial charge in [0.1, 0.15) is 0 Å². The highest BCUT2D eigenvalue weighted by molar-refractivity contribution is 5.19. The van der Waals surface area contributed by atoms with E-state index in [9.17, 15) is 0 Å². The SMILES string of the molecule is Cc1cc(C(N)CC2CC3CCC2C3)ccn1. The fourth-order valence-corrected chi connectivity index (χ4v) is 3.93. The van der Waals surface area contributed by atoms with Crippen LogP contribution in [0.25, 0.3) is 0 Å². The number of rotatable bonds is 3. The number of aryl methyl sites for hydroxylation is 1. The Bertz CT molecular complexity index is 402. The van der Waals surface area contributed by atoms with E-state index in [1.54, 1.807) is 0 Å². The molecule has 1 heterocycles. The lowest BCUT2D eigenvalue weighted by molar-refractivity contribution is 0.296. The van der Waals surface area contributed by atoms with Crippen molar-refractivity contribution >= 4 is 0 Å². The number of hydrogen-bond acceptors (Lipinski definition) is 2. The summed E-state index contributed by atoms with van der Waals surface area (Å²) in [6.07, 6.45) is 8.90. The van der Waals surface area contributed by atoms with E-state index in [2.05, 4.69) is 17.1 Å². The van der Waals surface area contributed by atoms with E-state index in [0.717, 1.165) is 23.4 Å². The zero-order valence-corrected chi connectivity index (χ0v) is 10.6. The van der Waals surface area contributed by atoms with Crippen molar-refractivity contribution in [3.8, 4) is 0 Å². The minimum atomic E-state index is 0.209. The minimum absolute atomic E-state index is 0.209. The second kappa shape index (κ2) is 4.41. The quantitative estimate of drug-likeness (QED) is 0.866. The third-order valence-electron chi connectivity index (χ3n) is 4.79. The van der Waals surface area contributed by atoms with E-state index >= 15 is 0 Å². The average molecular weight is 230 g/mol. The molecular formula is C15H22N2. The number of nitrogens with two attached hydrogens (primary N) is 1. The van der Waals surface area contributed by atoms with Crippen LogP contribution in [0.1, 0.15) is 49.4 Å². The smallest absolute Gasteiger partial charge is 0.0375 e. The lowest BCUT2D eigenvalue weighted by atomic mass is 9.83. The van der Waals surface area contributed by atoms with Crippen LogP contribution in [0.4, 0.5) is 0 Å². The molecule has 2 nitrogen and oxygen atoms in total.